The van der Waals surface area contributed by atoms with Crippen LogP contribution in [0.4, 0.5) is 0 Å². The predicted octanol–water partition coefficient (Wildman–Crippen LogP) is 19.6. The number of phenolic OH excluding ortho intramolecular Hbond substituents is 3. The molecule has 444 valence electrons. The maximum absolute atomic E-state index is 13.4. The van der Waals surface area contributed by atoms with Gasteiger partial charge in [-0.25, -0.2) is 14.4 Å². The molecule has 9 nitrogen and oxygen atoms in total. The number of benzene rings is 3. The second-order valence-corrected chi connectivity index (χ2v) is 25.9. The number of hydrogen-bond acceptors (Lipinski definition) is 9. The molecule has 85 heavy (non-hydrogen) atoms. The van der Waals surface area contributed by atoms with E-state index < -0.39 is 0 Å². The summed E-state index contributed by atoms with van der Waals surface area (Å²) in [6.07, 6.45) is 0. The first-order chi connectivity index (χ1) is 39.7. The zero-order valence-electron chi connectivity index (χ0n) is 53.6. The van der Waals surface area contributed by atoms with Crippen LogP contribution in [0.1, 0.15) is 204 Å². The number of rotatable bonds is 9. The van der Waals surface area contributed by atoms with Crippen molar-refractivity contribution in [1.29, 1.82) is 0 Å². The van der Waals surface area contributed by atoms with Crippen molar-refractivity contribution < 1.29 is 43.9 Å². The van der Waals surface area contributed by atoms with E-state index in [9.17, 15) is 29.7 Å². The summed E-state index contributed by atoms with van der Waals surface area (Å²) >= 11 is 0. The lowest BCUT2D eigenvalue weighted by Crippen LogP contribution is -2.18. The Bertz CT molecular complexity index is 3820. The van der Waals surface area contributed by atoms with Gasteiger partial charge in [0.05, 0.1) is 16.7 Å². The molecule has 9 rings (SSSR count). The van der Waals surface area contributed by atoms with E-state index in [0.717, 1.165) is 83.5 Å². The predicted molar refractivity (Wildman–Crippen MR) is 346 cm³/mol. The second kappa shape index (κ2) is 25.4. The van der Waals surface area contributed by atoms with Crippen LogP contribution in [0.3, 0.4) is 0 Å². The fraction of sp³-hybridized carbons (Fsp3) is 0.329. The summed E-state index contributed by atoms with van der Waals surface area (Å²) in [5.41, 5.74) is 20.3. The van der Waals surface area contributed by atoms with E-state index >= 15 is 0 Å². The SMILES string of the molecule is Cc1cc(C(=O)Oc2cc(C(C)(C)C)c(O)c(C(C)(C)C)c2)c2c(C)ccc(C(C)C)cc1-2.Cc1cc(C(=O)Oc2ccc(O)c(C)c2C)c2c(C)ccc(C(C)C)cc1-2.Cc1cc(C(=O)Oc2ccc(O)cc2)c2c(C)ccc(C(C)C)cc1-2. The molecule has 0 radical (unpaired) electrons. The summed E-state index contributed by atoms with van der Waals surface area (Å²) in [7, 11) is 0. The number of phenols is 3. The molecular weight excluding hydrogens is 1060 g/mol. The van der Waals surface area contributed by atoms with Gasteiger partial charge in [0.1, 0.15) is 34.5 Å². The minimum atomic E-state index is -0.385. The molecule has 3 aromatic carbocycles. The third kappa shape index (κ3) is 14.2. The summed E-state index contributed by atoms with van der Waals surface area (Å²) in [6.45, 7) is 41.1. The third-order valence-electron chi connectivity index (χ3n) is 16.2. The third-order valence-corrected chi connectivity index (χ3v) is 16.2. The average Bonchev–Trinajstić information content (AvgIpc) is 2.45. The van der Waals surface area contributed by atoms with Crippen molar-refractivity contribution in [1.82, 2.24) is 0 Å². The first-order valence-corrected chi connectivity index (χ1v) is 29.4. The zero-order chi connectivity index (χ0) is 62.9. The maximum atomic E-state index is 13.4. The van der Waals surface area contributed by atoms with E-state index in [4.69, 9.17) is 14.2 Å². The molecule has 0 aliphatic heterocycles. The number of ether oxygens (including phenoxy) is 3. The number of carbonyl (C=O) groups excluding carboxylic acids is 3. The molecule has 0 unspecified atom stereocenters. The summed E-state index contributed by atoms with van der Waals surface area (Å²) in [6, 6.07) is 37.8. The lowest BCUT2D eigenvalue weighted by Gasteiger charge is -2.28. The highest BCUT2D eigenvalue weighted by Gasteiger charge is 2.30. The van der Waals surface area contributed by atoms with Crippen molar-refractivity contribution in [3.8, 4) is 67.9 Å². The molecule has 9 heteroatoms. The summed E-state index contributed by atoms with van der Waals surface area (Å²) < 4.78 is 17.2. The molecular formula is C76H86O9. The minimum Gasteiger partial charge on any atom is -0.508 e. The highest BCUT2D eigenvalue weighted by atomic mass is 16.5. The standard InChI is InChI=1S/C30H38O3.C24H26O3.C22H22O3/c1-17(2)20-12-11-18(3)26-22(14-20)19(4)13-23(26)28(32)33-21-15-24(29(5,6)7)27(31)25(16-21)30(8,9)10;1-13(2)18-8-7-14(3)23-19(12-18)15(4)11-20(23)24(26)27-22-10-9-21(25)16(5)17(22)6;1-13(2)16-6-5-14(3)21-19(12-16)15(4)11-20(21)22(24)25-18-9-7-17(23)8-10-18/h11-17,31H,1-10H3;7-13,25H,1-6H3;5-13,23H,1-4H3. The van der Waals surface area contributed by atoms with Crippen LogP contribution in [0.25, 0.3) is 33.4 Å². The van der Waals surface area contributed by atoms with Crippen molar-refractivity contribution >= 4 is 17.9 Å². The second-order valence-electron chi connectivity index (χ2n) is 25.9. The van der Waals surface area contributed by atoms with Crippen LogP contribution >= 0.6 is 0 Å². The first kappa shape index (κ1) is 64.1. The van der Waals surface area contributed by atoms with Gasteiger partial charge in [-0.1, -0.05) is 138 Å². The highest BCUT2D eigenvalue weighted by Crippen LogP contribution is 2.44. The molecule has 0 bridgehead atoms. The van der Waals surface area contributed by atoms with Gasteiger partial charge >= 0.3 is 17.9 Å². The van der Waals surface area contributed by atoms with Gasteiger partial charge in [0.15, 0.2) is 0 Å². The van der Waals surface area contributed by atoms with Crippen molar-refractivity contribution in [2.24, 2.45) is 0 Å². The number of carbonyl (C=O) groups is 3. The van der Waals surface area contributed by atoms with Crippen LogP contribution in [-0.2, 0) is 10.8 Å². The molecule has 0 saturated heterocycles. The van der Waals surface area contributed by atoms with E-state index in [2.05, 4.69) is 96.1 Å². The van der Waals surface area contributed by atoms with E-state index in [1.54, 1.807) is 36.4 Å². The quantitative estimate of drug-likeness (QED) is 0.0952. The minimum absolute atomic E-state index is 0.137. The number of aromatic hydroxyl groups is 3. The zero-order valence-corrected chi connectivity index (χ0v) is 53.6. The van der Waals surface area contributed by atoms with E-state index in [0.29, 0.717) is 57.3 Å². The van der Waals surface area contributed by atoms with E-state index in [1.807, 2.05) is 115 Å². The molecule has 0 aromatic heterocycles. The molecule has 6 aliphatic rings. The van der Waals surface area contributed by atoms with Crippen LogP contribution in [0, 0.1) is 55.4 Å². The molecule has 3 aromatic rings. The average molecular weight is 1140 g/mol. The molecule has 0 atom stereocenters. The van der Waals surface area contributed by atoms with Crippen molar-refractivity contribution in [3.63, 3.8) is 0 Å². The van der Waals surface area contributed by atoms with Crippen LogP contribution in [0.2, 0.25) is 0 Å². The van der Waals surface area contributed by atoms with Gasteiger partial charge < -0.3 is 29.5 Å². The summed E-state index contributed by atoms with van der Waals surface area (Å²) in [5.74, 6) is 2.04. The lowest BCUT2D eigenvalue weighted by molar-refractivity contribution is 0.0725. The largest absolute Gasteiger partial charge is 0.508 e. The van der Waals surface area contributed by atoms with Crippen LogP contribution in [0.5, 0.6) is 34.5 Å². The Morgan fingerprint density at radius 2 is 0.718 bits per heavy atom. The van der Waals surface area contributed by atoms with Crippen LogP contribution < -0.4 is 14.2 Å². The Kier molecular flexibility index (Phi) is 19.2. The van der Waals surface area contributed by atoms with Crippen molar-refractivity contribution in [2.75, 3.05) is 0 Å². The Morgan fingerprint density at radius 1 is 0.376 bits per heavy atom. The van der Waals surface area contributed by atoms with Gasteiger partial charge in [0.25, 0.3) is 0 Å². The van der Waals surface area contributed by atoms with E-state index in [-0.39, 0.29) is 46.0 Å². The Labute approximate surface area is 504 Å². The van der Waals surface area contributed by atoms with Crippen molar-refractivity contribution in [2.45, 2.75) is 167 Å². The molecule has 0 spiro atoms. The number of aryl methyl sites for hydroxylation is 6. The van der Waals surface area contributed by atoms with Crippen molar-refractivity contribution in [3.05, 3.63) is 210 Å². The number of hydrogen-bond donors (Lipinski definition) is 3. The summed E-state index contributed by atoms with van der Waals surface area (Å²) in [5, 5.41) is 30.1. The normalized spacial score (nSPS) is 11.7. The van der Waals surface area contributed by atoms with Gasteiger partial charge in [0, 0.05) is 11.1 Å². The lowest BCUT2D eigenvalue weighted by atomic mass is 9.79. The van der Waals surface area contributed by atoms with E-state index in [1.165, 1.54) is 28.8 Å². The topological polar surface area (TPSA) is 140 Å². The molecule has 6 aliphatic carbocycles. The number of fused-ring (bicyclic) bond motifs is 3. The molecule has 3 N–H and O–H groups in total. The van der Waals surface area contributed by atoms with Crippen LogP contribution in [-0.4, -0.2) is 33.2 Å². The van der Waals surface area contributed by atoms with Gasteiger partial charge in [-0.2, -0.15) is 0 Å². The molecule has 0 amide bonds. The Morgan fingerprint density at radius 3 is 1.06 bits per heavy atom. The van der Waals surface area contributed by atoms with Gasteiger partial charge in [-0.05, 0) is 245 Å². The molecule has 0 saturated carbocycles. The van der Waals surface area contributed by atoms with Gasteiger partial charge in [0.2, 0.25) is 0 Å². The summed E-state index contributed by atoms with van der Waals surface area (Å²) in [4.78, 5) is 39.1. The Hall–Kier alpha value is -8.43. The molecule has 0 fully saturated rings. The van der Waals surface area contributed by atoms with Crippen LogP contribution in [0.15, 0.2) is 121 Å². The Balaban J connectivity index is 0.000000185. The maximum Gasteiger partial charge on any atom is 0.344 e. The first-order valence-electron chi connectivity index (χ1n) is 29.4. The molecule has 0 heterocycles. The smallest absolute Gasteiger partial charge is 0.344 e. The monoisotopic (exact) mass is 1140 g/mol. The number of esters is 3. The van der Waals surface area contributed by atoms with Gasteiger partial charge in [-0.15, -0.1) is 0 Å². The fourth-order valence-corrected chi connectivity index (χ4v) is 10.8. The fourth-order valence-electron chi connectivity index (χ4n) is 10.8. The highest BCUT2D eigenvalue weighted by molar-refractivity contribution is 6.04. The van der Waals surface area contributed by atoms with Gasteiger partial charge in [-0.3, -0.25) is 0 Å².